The lowest BCUT2D eigenvalue weighted by Gasteiger charge is -2.15. The zero-order valence-corrected chi connectivity index (χ0v) is 11.1. The summed E-state index contributed by atoms with van der Waals surface area (Å²) in [6, 6.07) is 12.3. The Bertz CT molecular complexity index is 578. The van der Waals surface area contributed by atoms with E-state index in [1.165, 1.54) is 0 Å². The van der Waals surface area contributed by atoms with Crippen molar-refractivity contribution in [2.75, 3.05) is 5.32 Å². The van der Waals surface area contributed by atoms with Gasteiger partial charge in [-0.1, -0.05) is 37.3 Å². The summed E-state index contributed by atoms with van der Waals surface area (Å²) in [4.78, 5) is 12.2. The summed E-state index contributed by atoms with van der Waals surface area (Å²) in [5.41, 5.74) is 1.01. The number of carbonyl (C=O) groups is 1. The van der Waals surface area contributed by atoms with Gasteiger partial charge in [-0.3, -0.25) is 4.79 Å². The van der Waals surface area contributed by atoms with Crippen molar-refractivity contribution in [1.82, 2.24) is 0 Å². The highest BCUT2D eigenvalue weighted by Crippen LogP contribution is 2.22. The lowest BCUT2D eigenvalue weighted by molar-refractivity contribution is -0.117. The van der Waals surface area contributed by atoms with E-state index in [-0.39, 0.29) is 17.5 Å². The molecule has 0 heterocycles. The van der Waals surface area contributed by atoms with Crippen molar-refractivity contribution >= 4 is 11.6 Å². The number of rotatable bonds is 4. The molecule has 0 aliphatic heterocycles. The monoisotopic (exact) mass is 275 g/mol. The first-order chi connectivity index (χ1) is 9.60. The average molecular weight is 275 g/mol. The third-order valence-electron chi connectivity index (χ3n) is 3.06. The van der Waals surface area contributed by atoms with Crippen LogP contribution in [0.15, 0.2) is 48.5 Å². The third kappa shape index (κ3) is 3.41. The second-order valence-electron chi connectivity index (χ2n) is 4.52. The fourth-order valence-electron chi connectivity index (χ4n) is 2.11. The summed E-state index contributed by atoms with van der Waals surface area (Å²) in [6.07, 6.45) is 0.605. The maximum Gasteiger partial charge on any atom is 0.231 e. The van der Waals surface area contributed by atoms with E-state index in [0.29, 0.717) is 6.42 Å². The van der Waals surface area contributed by atoms with Gasteiger partial charge in [-0.25, -0.2) is 8.78 Å². The van der Waals surface area contributed by atoms with Crippen molar-refractivity contribution in [1.29, 1.82) is 0 Å². The number of amides is 1. The molecule has 2 aromatic carbocycles. The fraction of sp³-hybridized carbons (Fsp3) is 0.188. The van der Waals surface area contributed by atoms with Crippen LogP contribution in [0.5, 0.6) is 0 Å². The molecule has 0 fully saturated rings. The molecule has 2 aromatic rings. The summed E-state index contributed by atoms with van der Waals surface area (Å²) in [5.74, 6) is -2.05. The minimum atomic E-state index is -0.715. The lowest BCUT2D eigenvalue weighted by atomic mass is 9.95. The van der Waals surface area contributed by atoms with E-state index in [1.54, 1.807) is 0 Å². The topological polar surface area (TPSA) is 29.1 Å². The van der Waals surface area contributed by atoms with Crippen LogP contribution in [-0.4, -0.2) is 5.91 Å². The molecule has 1 atom stereocenters. The highest BCUT2D eigenvalue weighted by molar-refractivity contribution is 5.95. The number of carbonyl (C=O) groups excluding carboxylic acids is 1. The van der Waals surface area contributed by atoms with Crippen LogP contribution in [0.1, 0.15) is 24.8 Å². The molecule has 0 saturated heterocycles. The molecule has 1 amide bonds. The van der Waals surface area contributed by atoms with Gasteiger partial charge >= 0.3 is 0 Å². The molecule has 20 heavy (non-hydrogen) atoms. The predicted molar refractivity (Wildman–Crippen MR) is 74.5 cm³/mol. The smallest absolute Gasteiger partial charge is 0.231 e. The molecular formula is C16H15F2NO. The van der Waals surface area contributed by atoms with E-state index in [0.717, 1.165) is 23.8 Å². The quantitative estimate of drug-likeness (QED) is 0.894. The predicted octanol–water partition coefficient (Wildman–Crippen LogP) is 4.10. The number of anilines is 1. The molecule has 0 saturated carbocycles. The Morgan fingerprint density at radius 3 is 2.25 bits per heavy atom. The van der Waals surface area contributed by atoms with E-state index in [4.69, 9.17) is 0 Å². The average Bonchev–Trinajstić information content (AvgIpc) is 2.39. The Kier molecular flexibility index (Phi) is 4.45. The summed E-state index contributed by atoms with van der Waals surface area (Å²) in [7, 11) is 0. The highest BCUT2D eigenvalue weighted by Gasteiger charge is 2.18. The third-order valence-corrected chi connectivity index (χ3v) is 3.06. The van der Waals surface area contributed by atoms with Gasteiger partial charge in [-0.05, 0) is 24.1 Å². The van der Waals surface area contributed by atoms with Crippen LogP contribution in [0.3, 0.4) is 0 Å². The number of nitrogens with one attached hydrogen (secondary N) is 1. The molecule has 2 rings (SSSR count). The maximum absolute atomic E-state index is 13.1. The van der Waals surface area contributed by atoms with Gasteiger partial charge in [-0.2, -0.15) is 0 Å². The molecule has 2 nitrogen and oxygen atoms in total. The summed E-state index contributed by atoms with van der Waals surface area (Å²) < 4.78 is 26.2. The summed E-state index contributed by atoms with van der Waals surface area (Å²) >= 11 is 0. The molecule has 0 radical (unpaired) electrons. The minimum absolute atomic E-state index is 0.127. The van der Waals surface area contributed by atoms with Crippen molar-refractivity contribution in [3.8, 4) is 0 Å². The molecule has 0 unspecified atom stereocenters. The second-order valence-corrected chi connectivity index (χ2v) is 4.52. The van der Waals surface area contributed by atoms with Gasteiger partial charge in [0.25, 0.3) is 0 Å². The summed E-state index contributed by atoms with van der Waals surface area (Å²) in [5, 5.41) is 2.55. The van der Waals surface area contributed by atoms with Gasteiger partial charge in [0.05, 0.1) is 5.92 Å². The van der Waals surface area contributed by atoms with Crippen molar-refractivity contribution in [3.05, 3.63) is 65.7 Å². The molecule has 4 heteroatoms. The maximum atomic E-state index is 13.1. The largest absolute Gasteiger partial charge is 0.325 e. The van der Waals surface area contributed by atoms with Crippen molar-refractivity contribution in [2.24, 2.45) is 0 Å². The fourth-order valence-corrected chi connectivity index (χ4v) is 2.11. The van der Waals surface area contributed by atoms with Crippen LogP contribution < -0.4 is 5.32 Å². The van der Waals surface area contributed by atoms with Gasteiger partial charge < -0.3 is 5.32 Å². The van der Waals surface area contributed by atoms with E-state index >= 15 is 0 Å². The molecule has 0 aliphatic rings. The minimum Gasteiger partial charge on any atom is -0.325 e. The van der Waals surface area contributed by atoms with Crippen LogP contribution in [-0.2, 0) is 4.79 Å². The lowest BCUT2D eigenvalue weighted by Crippen LogP contribution is -2.20. The Morgan fingerprint density at radius 2 is 1.70 bits per heavy atom. The van der Waals surface area contributed by atoms with Crippen molar-refractivity contribution in [2.45, 2.75) is 19.3 Å². The number of hydrogen-bond acceptors (Lipinski definition) is 1. The van der Waals surface area contributed by atoms with Crippen LogP contribution in [0.4, 0.5) is 14.5 Å². The van der Waals surface area contributed by atoms with Crippen LogP contribution >= 0.6 is 0 Å². The van der Waals surface area contributed by atoms with Gasteiger partial charge in [0.1, 0.15) is 11.6 Å². The highest BCUT2D eigenvalue weighted by atomic mass is 19.1. The first-order valence-electron chi connectivity index (χ1n) is 6.42. The Labute approximate surface area is 116 Å². The first kappa shape index (κ1) is 14.2. The molecule has 1 N–H and O–H groups in total. The van der Waals surface area contributed by atoms with E-state index in [1.807, 2.05) is 37.3 Å². The van der Waals surface area contributed by atoms with Crippen LogP contribution in [0, 0.1) is 11.6 Å². The van der Waals surface area contributed by atoms with Crippen LogP contribution in [0.2, 0.25) is 0 Å². The van der Waals surface area contributed by atoms with Crippen molar-refractivity contribution in [3.63, 3.8) is 0 Å². The normalized spacial score (nSPS) is 11.9. The standard InChI is InChI=1S/C16H15F2NO/c1-2-15(11-6-4-3-5-7-11)16(20)19-14-9-12(17)8-13(18)10-14/h3-10,15H,2H2,1H3,(H,19,20)/t15-/m0/s1. The Balaban J connectivity index is 2.18. The molecule has 0 aliphatic carbocycles. The van der Waals surface area contributed by atoms with E-state index < -0.39 is 11.6 Å². The Hall–Kier alpha value is -2.23. The molecule has 0 spiro atoms. The van der Waals surface area contributed by atoms with Gasteiger partial charge in [-0.15, -0.1) is 0 Å². The van der Waals surface area contributed by atoms with Gasteiger partial charge in [0, 0.05) is 11.8 Å². The van der Waals surface area contributed by atoms with Crippen molar-refractivity contribution < 1.29 is 13.6 Å². The van der Waals surface area contributed by atoms with Gasteiger partial charge in [0.15, 0.2) is 0 Å². The van der Waals surface area contributed by atoms with E-state index in [2.05, 4.69) is 5.32 Å². The second kappa shape index (κ2) is 6.28. The summed E-state index contributed by atoms with van der Waals surface area (Å²) in [6.45, 7) is 1.89. The number of benzene rings is 2. The number of halogens is 2. The van der Waals surface area contributed by atoms with Crippen LogP contribution in [0.25, 0.3) is 0 Å². The zero-order valence-electron chi connectivity index (χ0n) is 11.1. The first-order valence-corrected chi connectivity index (χ1v) is 6.42. The molecule has 0 aromatic heterocycles. The zero-order chi connectivity index (χ0) is 14.5. The molecule has 104 valence electrons. The van der Waals surface area contributed by atoms with E-state index in [9.17, 15) is 13.6 Å². The Morgan fingerprint density at radius 1 is 1.10 bits per heavy atom. The molecule has 0 bridgehead atoms. The van der Waals surface area contributed by atoms with Gasteiger partial charge in [0.2, 0.25) is 5.91 Å². The SMILES string of the molecule is CC[C@H](C(=O)Nc1cc(F)cc(F)c1)c1ccccc1. The number of hydrogen-bond donors (Lipinski definition) is 1. The molecular weight excluding hydrogens is 260 g/mol.